The Morgan fingerprint density at radius 3 is 2.57 bits per heavy atom. The van der Waals surface area contributed by atoms with Crippen molar-refractivity contribution in [2.45, 2.75) is 27.2 Å². The van der Waals surface area contributed by atoms with E-state index in [0.29, 0.717) is 12.1 Å². The first-order valence-corrected chi connectivity index (χ1v) is 7.62. The van der Waals surface area contributed by atoms with Crippen LogP contribution in [0.1, 0.15) is 25.8 Å². The van der Waals surface area contributed by atoms with Crippen LogP contribution in [0.25, 0.3) is 0 Å². The number of halogens is 1. The molecular formula is C15H21BrN2O3. The minimum absolute atomic E-state index is 0.114. The fourth-order valence-electron chi connectivity index (χ4n) is 1.96. The zero-order chi connectivity index (χ0) is 16.0. The SMILES string of the molecule is Cc1ccc(Br)c(NC(=O)NCC(CC(C)C)C(=O)O)c1. The van der Waals surface area contributed by atoms with Crippen molar-refractivity contribution >= 4 is 33.6 Å². The average Bonchev–Trinajstić information content (AvgIpc) is 2.38. The number of aryl methyl sites for hydroxylation is 1. The number of rotatable bonds is 6. The normalized spacial score (nSPS) is 12.0. The molecule has 2 amide bonds. The summed E-state index contributed by atoms with van der Waals surface area (Å²) in [5.41, 5.74) is 1.68. The zero-order valence-corrected chi connectivity index (χ0v) is 14.0. The molecular weight excluding hydrogens is 336 g/mol. The molecule has 0 radical (unpaired) electrons. The smallest absolute Gasteiger partial charge is 0.319 e. The molecule has 3 N–H and O–H groups in total. The number of carbonyl (C=O) groups is 2. The molecule has 1 aromatic rings. The van der Waals surface area contributed by atoms with E-state index in [-0.39, 0.29) is 12.5 Å². The first-order chi connectivity index (χ1) is 9.79. The number of hydrogen-bond acceptors (Lipinski definition) is 2. The van der Waals surface area contributed by atoms with Gasteiger partial charge in [0.05, 0.1) is 11.6 Å². The zero-order valence-electron chi connectivity index (χ0n) is 12.4. The topological polar surface area (TPSA) is 78.4 Å². The van der Waals surface area contributed by atoms with Gasteiger partial charge in [-0.25, -0.2) is 4.79 Å². The Hall–Kier alpha value is -1.56. The Kier molecular flexibility index (Phi) is 6.68. The highest BCUT2D eigenvalue weighted by atomic mass is 79.9. The van der Waals surface area contributed by atoms with Gasteiger partial charge in [-0.3, -0.25) is 4.79 Å². The maximum absolute atomic E-state index is 11.9. The average molecular weight is 357 g/mol. The van der Waals surface area contributed by atoms with Gasteiger partial charge in [0.25, 0.3) is 0 Å². The van der Waals surface area contributed by atoms with E-state index in [2.05, 4.69) is 26.6 Å². The van der Waals surface area contributed by atoms with Gasteiger partial charge < -0.3 is 15.7 Å². The molecule has 1 unspecified atom stereocenters. The van der Waals surface area contributed by atoms with E-state index in [1.807, 2.05) is 39.0 Å². The Balaban J connectivity index is 2.57. The summed E-state index contributed by atoms with van der Waals surface area (Å²) >= 11 is 3.36. The van der Waals surface area contributed by atoms with Gasteiger partial charge in [0, 0.05) is 11.0 Å². The summed E-state index contributed by atoms with van der Waals surface area (Å²) in [6.45, 7) is 5.96. The third-order valence-electron chi connectivity index (χ3n) is 2.98. The fourth-order valence-corrected chi connectivity index (χ4v) is 2.30. The van der Waals surface area contributed by atoms with Crippen LogP contribution in [0.15, 0.2) is 22.7 Å². The Labute approximate surface area is 133 Å². The summed E-state index contributed by atoms with van der Waals surface area (Å²) in [7, 11) is 0. The molecule has 5 nitrogen and oxygen atoms in total. The van der Waals surface area contributed by atoms with Crippen LogP contribution in [0.5, 0.6) is 0 Å². The van der Waals surface area contributed by atoms with Crippen molar-refractivity contribution in [1.82, 2.24) is 5.32 Å². The van der Waals surface area contributed by atoms with Crippen molar-refractivity contribution < 1.29 is 14.7 Å². The summed E-state index contributed by atoms with van der Waals surface area (Å²) in [6.07, 6.45) is 0.532. The minimum Gasteiger partial charge on any atom is -0.481 e. The van der Waals surface area contributed by atoms with E-state index in [0.717, 1.165) is 10.0 Å². The van der Waals surface area contributed by atoms with Crippen LogP contribution in [0, 0.1) is 18.8 Å². The fraction of sp³-hybridized carbons (Fsp3) is 0.467. The molecule has 0 heterocycles. The predicted octanol–water partition coefficient (Wildman–Crippen LogP) is 3.63. The Morgan fingerprint density at radius 2 is 2.00 bits per heavy atom. The van der Waals surface area contributed by atoms with Gasteiger partial charge in [-0.05, 0) is 52.9 Å². The van der Waals surface area contributed by atoms with Crippen molar-refractivity contribution in [3.8, 4) is 0 Å². The molecule has 0 fully saturated rings. The van der Waals surface area contributed by atoms with Crippen molar-refractivity contribution in [1.29, 1.82) is 0 Å². The number of benzene rings is 1. The third kappa shape index (κ3) is 6.16. The lowest BCUT2D eigenvalue weighted by atomic mass is 9.97. The van der Waals surface area contributed by atoms with Crippen LogP contribution in [-0.2, 0) is 4.79 Å². The molecule has 1 rings (SSSR count). The number of carbonyl (C=O) groups excluding carboxylic acids is 1. The van der Waals surface area contributed by atoms with Crippen LogP contribution < -0.4 is 10.6 Å². The summed E-state index contributed by atoms with van der Waals surface area (Å²) < 4.78 is 0.778. The van der Waals surface area contributed by atoms with E-state index in [4.69, 9.17) is 5.11 Å². The number of carboxylic acid groups (broad SMARTS) is 1. The number of aliphatic carboxylic acids is 1. The highest BCUT2D eigenvalue weighted by molar-refractivity contribution is 9.10. The second-order valence-electron chi connectivity index (χ2n) is 5.48. The van der Waals surface area contributed by atoms with Crippen molar-refractivity contribution in [2.75, 3.05) is 11.9 Å². The number of anilines is 1. The summed E-state index contributed by atoms with van der Waals surface area (Å²) in [5, 5.41) is 14.4. The van der Waals surface area contributed by atoms with Crippen LogP contribution in [0.3, 0.4) is 0 Å². The predicted molar refractivity (Wildman–Crippen MR) is 86.5 cm³/mol. The molecule has 0 aliphatic rings. The molecule has 0 spiro atoms. The quantitative estimate of drug-likeness (QED) is 0.728. The highest BCUT2D eigenvalue weighted by Crippen LogP contribution is 2.23. The molecule has 0 saturated heterocycles. The molecule has 1 aromatic carbocycles. The van der Waals surface area contributed by atoms with Crippen molar-refractivity contribution in [3.63, 3.8) is 0 Å². The van der Waals surface area contributed by atoms with Gasteiger partial charge in [-0.15, -0.1) is 0 Å². The lowest BCUT2D eigenvalue weighted by molar-refractivity contribution is -0.142. The van der Waals surface area contributed by atoms with Crippen LogP contribution in [-0.4, -0.2) is 23.7 Å². The molecule has 116 valence electrons. The Bertz CT molecular complexity index is 518. The molecule has 0 aliphatic heterocycles. The lowest BCUT2D eigenvalue weighted by Crippen LogP contribution is -2.36. The van der Waals surface area contributed by atoms with Gasteiger partial charge >= 0.3 is 12.0 Å². The van der Waals surface area contributed by atoms with Gasteiger partial charge in [0.1, 0.15) is 0 Å². The molecule has 0 saturated carbocycles. The van der Waals surface area contributed by atoms with Gasteiger partial charge in [0.15, 0.2) is 0 Å². The number of nitrogens with one attached hydrogen (secondary N) is 2. The van der Waals surface area contributed by atoms with Gasteiger partial charge in [0.2, 0.25) is 0 Å². The summed E-state index contributed by atoms with van der Waals surface area (Å²) in [4.78, 5) is 23.0. The second-order valence-corrected chi connectivity index (χ2v) is 6.34. The monoisotopic (exact) mass is 356 g/mol. The van der Waals surface area contributed by atoms with Crippen LogP contribution >= 0.6 is 15.9 Å². The number of hydrogen-bond donors (Lipinski definition) is 3. The molecule has 21 heavy (non-hydrogen) atoms. The molecule has 0 aromatic heterocycles. The lowest BCUT2D eigenvalue weighted by Gasteiger charge is -2.16. The summed E-state index contributed by atoms with van der Waals surface area (Å²) in [5.74, 6) is -1.20. The number of urea groups is 1. The highest BCUT2D eigenvalue weighted by Gasteiger charge is 2.19. The van der Waals surface area contributed by atoms with E-state index < -0.39 is 17.9 Å². The maximum atomic E-state index is 11.9. The largest absolute Gasteiger partial charge is 0.481 e. The maximum Gasteiger partial charge on any atom is 0.319 e. The molecule has 1 atom stereocenters. The van der Waals surface area contributed by atoms with Gasteiger partial charge in [-0.2, -0.15) is 0 Å². The number of amides is 2. The first kappa shape index (κ1) is 17.5. The Morgan fingerprint density at radius 1 is 1.33 bits per heavy atom. The first-order valence-electron chi connectivity index (χ1n) is 6.83. The number of carboxylic acids is 1. The minimum atomic E-state index is -0.888. The third-order valence-corrected chi connectivity index (χ3v) is 3.68. The second kappa shape index (κ2) is 8.02. The van der Waals surface area contributed by atoms with Crippen LogP contribution in [0.4, 0.5) is 10.5 Å². The van der Waals surface area contributed by atoms with E-state index in [1.54, 1.807) is 0 Å². The van der Waals surface area contributed by atoms with Gasteiger partial charge in [-0.1, -0.05) is 19.9 Å². The van der Waals surface area contributed by atoms with E-state index >= 15 is 0 Å². The molecule has 0 aliphatic carbocycles. The van der Waals surface area contributed by atoms with Crippen LogP contribution in [0.2, 0.25) is 0 Å². The molecule has 0 bridgehead atoms. The summed E-state index contributed by atoms with van der Waals surface area (Å²) in [6, 6.07) is 5.21. The van der Waals surface area contributed by atoms with E-state index in [9.17, 15) is 9.59 Å². The van der Waals surface area contributed by atoms with Crippen molar-refractivity contribution in [2.24, 2.45) is 11.8 Å². The molecule has 6 heteroatoms. The van der Waals surface area contributed by atoms with E-state index in [1.165, 1.54) is 0 Å². The van der Waals surface area contributed by atoms with Crippen molar-refractivity contribution in [3.05, 3.63) is 28.2 Å². The standard InChI is InChI=1S/C15H21BrN2O3/c1-9(2)6-11(14(19)20)8-17-15(21)18-13-7-10(3)4-5-12(13)16/h4-5,7,9,11H,6,8H2,1-3H3,(H,19,20)(H2,17,18,21).